The lowest BCUT2D eigenvalue weighted by molar-refractivity contribution is 0.101. The van der Waals surface area contributed by atoms with Crippen LogP contribution in [0.4, 0.5) is 0 Å². The van der Waals surface area contributed by atoms with Gasteiger partial charge in [0, 0.05) is 5.56 Å². The molecule has 0 fully saturated rings. The molecule has 2 aromatic rings. The molecular formula is C15H14N2O. The minimum atomic E-state index is 0.0729. The second kappa shape index (κ2) is 5.27. The fourth-order valence-corrected chi connectivity index (χ4v) is 1.77. The molecule has 0 aliphatic heterocycles. The average Bonchev–Trinajstić information content (AvgIpc) is 2.40. The molecule has 2 aromatic carbocycles. The Morgan fingerprint density at radius 2 is 1.83 bits per heavy atom. The van der Waals surface area contributed by atoms with E-state index in [1.165, 1.54) is 0 Å². The van der Waals surface area contributed by atoms with Gasteiger partial charge in [-0.25, -0.2) is 0 Å². The van der Waals surface area contributed by atoms with Crippen LogP contribution in [0.3, 0.4) is 0 Å². The molecule has 0 aliphatic rings. The molecule has 2 N–H and O–H groups in total. The lowest BCUT2D eigenvalue weighted by Gasteiger charge is -2.04. The number of benzene rings is 2. The Balaban J connectivity index is 2.36. The molecule has 0 heterocycles. The van der Waals surface area contributed by atoms with E-state index in [1.54, 1.807) is 13.1 Å². The zero-order valence-corrected chi connectivity index (χ0v) is 10.1. The van der Waals surface area contributed by atoms with Crippen molar-refractivity contribution in [2.45, 2.75) is 6.92 Å². The molecule has 0 spiro atoms. The van der Waals surface area contributed by atoms with Gasteiger partial charge in [0.2, 0.25) is 0 Å². The van der Waals surface area contributed by atoms with Crippen LogP contribution in [0, 0.1) is 0 Å². The summed E-state index contributed by atoms with van der Waals surface area (Å²) in [6, 6.07) is 15.4. The summed E-state index contributed by atoms with van der Waals surface area (Å²) in [5.41, 5.74) is 3.76. The van der Waals surface area contributed by atoms with E-state index in [9.17, 15) is 4.79 Å². The van der Waals surface area contributed by atoms with E-state index >= 15 is 0 Å². The predicted molar refractivity (Wildman–Crippen MR) is 73.7 cm³/mol. The van der Waals surface area contributed by atoms with E-state index in [-0.39, 0.29) is 5.78 Å². The molecule has 0 radical (unpaired) electrons. The molecule has 0 unspecified atom stereocenters. The van der Waals surface area contributed by atoms with Gasteiger partial charge in [-0.05, 0) is 29.7 Å². The summed E-state index contributed by atoms with van der Waals surface area (Å²) < 4.78 is 0. The topological polar surface area (TPSA) is 55.5 Å². The van der Waals surface area contributed by atoms with E-state index in [2.05, 4.69) is 5.10 Å². The van der Waals surface area contributed by atoms with E-state index in [1.807, 2.05) is 48.5 Å². The molecular weight excluding hydrogens is 224 g/mol. The highest BCUT2D eigenvalue weighted by atomic mass is 16.1. The summed E-state index contributed by atoms with van der Waals surface area (Å²) in [4.78, 5) is 11.3. The third kappa shape index (κ3) is 2.63. The number of hydrogen-bond donors (Lipinski definition) is 1. The maximum Gasteiger partial charge on any atom is 0.159 e. The smallest absolute Gasteiger partial charge is 0.159 e. The Bertz CT molecular complexity index is 586. The van der Waals surface area contributed by atoms with Crippen molar-refractivity contribution >= 4 is 12.0 Å². The number of carbonyl (C=O) groups excluding carboxylic acids is 1. The number of hydrazone groups is 1. The first kappa shape index (κ1) is 12.0. The largest absolute Gasteiger partial charge is 0.323 e. The summed E-state index contributed by atoms with van der Waals surface area (Å²) in [6.45, 7) is 1.57. The Kier molecular flexibility index (Phi) is 3.53. The van der Waals surface area contributed by atoms with Crippen molar-refractivity contribution in [3.63, 3.8) is 0 Å². The molecule has 0 saturated heterocycles. The normalized spacial score (nSPS) is 10.7. The van der Waals surface area contributed by atoms with Gasteiger partial charge in [0.15, 0.2) is 5.78 Å². The minimum Gasteiger partial charge on any atom is -0.323 e. The second-order valence-electron chi connectivity index (χ2n) is 4.04. The summed E-state index contributed by atoms with van der Waals surface area (Å²) in [7, 11) is 0. The monoisotopic (exact) mass is 238 g/mol. The van der Waals surface area contributed by atoms with Gasteiger partial charge in [-0.1, -0.05) is 42.5 Å². The van der Waals surface area contributed by atoms with Crippen LogP contribution in [-0.4, -0.2) is 12.0 Å². The van der Waals surface area contributed by atoms with Crippen molar-refractivity contribution < 1.29 is 4.79 Å². The Hall–Kier alpha value is -2.42. The van der Waals surface area contributed by atoms with Crippen molar-refractivity contribution in [3.05, 3.63) is 59.7 Å². The van der Waals surface area contributed by atoms with E-state index in [0.717, 1.165) is 22.3 Å². The minimum absolute atomic E-state index is 0.0729. The zero-order chi connectivity index (χ0) is 13.0. The fraction of sp³-hybridized carbons (Fsp3) is 0.0667. The molecule has 0 atom stereocenters. The van der Waals surface area contributed by atoms with Gasteiger partial charge in [0.05, 0.1) is 6.21 Å². The summed E-state index contributed by atoms with van der Waals surface area (Å²) >= 11 is 0. The molecule has 18 heavy (non-hydrogen) atoms. The molecule has 90 valence electrons. The molecule has 3 nitrogen and oxygen atoms in total. The number of nitrogens with zero attached hydrogens (tertiary/aromatic N) is 1. The van der Waals surface area contributed by atoms with E-state index in [0.29, 0.717) is 0 Å². The second-order valence-corrected chi connectivity index (χ2v) is 4.04. The Labute approximate surface area is 106 Å². The van der Waals surface area contributed by atoms with Gasteiger partial charge >= 0.3 is 0 Å². The number of rotatable bonds is 3. The summed E-state index contributed by atoms with van der Waals surface area (Å²) in [5.74, 6) is 5.17. The van der Waals surface area contributed by atoms with Crippen molar-refractivity contribution in [2.24, 2.45) is 10.9 Å². The van der Waals surface area contributed by atoms with Crippen LogP contribution in [0.1, 0.15) is 22.8 Å². The van der Waals surface area contributed by atoms with Crippen LogP contribution in [0.5, 0.6) is 0 Å². The van der Waals surface area contributed by atoms with Gasteiger partial charge in [-0.15, -0.1) is 0 Å². The van der Waals surface area contributed by atoms with Gasteiger partial charge < -0.3 is 5.84 Å². The predicted octanol–water partition coefficient (Wildman–Crippen LogP) is 2.85. The summed E-state index contributed by atoms with van der Waals surface area (Å²) in [6.07, 6.45) is 1.59. The number of ketones is 1. The van der Waals surface area contributed by atoms with Gasteiger partial charge in [0.25, 0.3) is 0 Å². The standard InChI is InChI=1S/C15H14N2O/c1-11(18)14-3-2-4-15(9-14)13-7-5-12(6-8-13)10-17-16/h2-10H,16H2,1H3. The zero-order valence-electron chi connectivity index (χ0n) is 10.1. The van der Waals surface area contributed by atoms with Crippen molar-refractivity contribution in [1.82, 2.24) is 0 Å². The van der Waals surface area contributed by atoms with E-state index < -0.39 is 0 Å². The van der Waals surface area contributed by atoms with Crippen LogP contribution in [0.15, 0.2) is 53.6 Å². The fourth-order valence-electron chi connectivity index (χ4n) is 1.77. The van der Waals surface area contributed by atoms with Crippen LogP contribution < -0.4 is 5.84 Å². The number of hydrogen-bond acceptors (Lipinski definition) is 3. The third-order valence-corrected chi connectivity index (χ3v) is 2.74. The number of Topliss-reactive ketones (excluding diaryl/α,β-unsaturated/α-hetero) is 1. The lowest BCUT2D eigenvalue weighted by Crippen LogP contribution is -1.92. The SMILES string of the molecule is CC(=O)c1cccc(-c2ccc(C=NN)cc2)c1. The third-order valence-electron chi connectivity index (χ3n) is 2.74. The number of nitrogens with two attached hydrogens (primary N) is 1. The van der Waals surface area contributed by atoms with Gasteiger partial charge in [-0.2, -0.15) is 5.10 Å². The summed E-state index contributed by atoms with van der Waals surface area (Å²) in [5, 5.41) is 3.48. The number of carbonyl (C=O) groups is 1. The van der Waals surface area contributed by atoms with Gasteiger partial charge in [0.1, 0.15) is 0 Å². The van der Waals surface area contributed by atoms with Gasteiger partial charge in [-0.3, -0.25) is 4.79 Å². The Morgan fingerprint density at radius 1 is 1.11 bits per heavy atom. The Morgan fingerprint density at radius 3 is 2.44 bits per heavy atom. The highest BCUT2D eigenvalue weighted by Gasteiger charge is 2.02. The maximum atomic E-state index is 11.3. The van der Waals surface area contributed by atoms with Crippen molar-refractivity contribution in [1.29, 1.82) is 0 Å². The van der Waals surface area contributed by atoms with E-state index in [4.69, 9.17) is 5.84 Å². The van der Waals surface area contributed by atoms with Crippen LogP contribution in [-0.2, 0) is 0 Å². The molecule has 0 aromatic heterocycles. The molecule has 3 heteroatoms. The molecule has 0 aliphatic carbocycles. The average molecular weight is 238 g/mol. The van der Waals surface area contributed by atoms with Crippen LogP contribution >= 0.6 is 0 Å². The molecule has 0 saturated carbocycles. The van der Waals surface area contributed by atoms with Crippen molar-refractivity contribution in [2.75, 3.05) is 0 Å². The molecule has 0 bridgehead atoms. The van der Waals surface area contributed by atoms with Crippen LogP contribution in [0.25, 0.3) is 11.1 Å². The highest BCUT2D eigenvalue weighted by Crippen LogP contribution is 2.20. The first-order valence-corrected chi connectivity index (χ1v) is 5.65. The molecule has 2 rings (SSSR count). The lowest BCUT2D eigenvalue weighted by atomic mass is 10.0. The molecule has 0 amide bonds. The highest BCUT2D eigenvalue weighted by molar-refractivity contribution is 5.95. The maximum absolute atomic E-state index is 11.3. The van der Waals surface area contributed by atoms with Crippen LogP contribution in [0.2, 0.25) is 0 Å². The quantitative estimate of drug-likeness (QED) is 0.387. The first-order valence-electron chi connectivity index (χ1n) is 5.65. The van der Waals surface area contributed by atoms with Crippen molar-refractivity contribution in [3.8, 4) is 11.1 Å². The first-order chi connectivity index (χ1) is 8.70.